The van der Waals surface area contributed by atoms with E-state index in [-0.39, 0.29) is 19.1 Å². The zero-order valence-corrected chi connectivity index (χ0v) is 11.1. The topological polar surface area (TPSA) is 101 Å². The molecule has 2 rings (SSSR count). The number of carbonyl (C=O) groups is 2. The van der Waals surface area contributed by atoms with Crippen LogP contribution in [0, 0.1) is 0 Å². The van der Waals surface area contributed by atoms with Gasteiger partial charge in [0, 0.05) is 25.4 Å². The number of amides is 2. The van der Waals surface area contributed by atoms with Gasteiger partial charge in [-0.2, -0.15) is 0 Å². The number of pyridine rings is 1. The molecule has 7 heteroatoms. The Morgan fingerprint density at radius 2 is 2.35 bits per heavy atom. The van der Waals surface area contributed by atoms with Gasteiger partial charge >= 0.3 is 12.0 Å². The van der Waals surface area contributed by atoms with E-state index >= 15 is 0 Å². The molecule has 2 heterocycles. The fourth-order valence-electron chi connectivity index (χ4n) is 2.05. The fourth-order valence-corrected chi connectivity index (χ4v) is 2.05. The van der Waals surface area contributed by atoms with Crippen LogP contribution < -0.4 is 10.6 Å². The van der Waals surface area contributed by atoms with E-state index in [2.05, 4.69) is 15.6 Å². The molecule has 2 unspecified atom stereocenters. The van der Waals surface area contributed by atoms with Gasteiger partial charge in [0.05, 0.1) is 12.6 Å². The highest BCUT2D eigenvalue weighted by Gasteiger charge is 2.44. The Bertz CT molecular complexity index is 486. The summed E-state index contributed by atoms with van der Waals surface area (Å²) < 4.78 is 5.08. The van der Waals surface area contributed by atoms with E-state index in [0.717, 1.165) is 5.56 Å². The zero-order chi connectivity index (χ0) is 14.6. The van der Waals surface area contributed by atoms with Crippen LogP contribution in [0.3, 0.4) is 0 Å². The van der Waals surface area contributed by atoms with Crippen LogP contribution >= 0.6 is 0 Å². The van der Waals surface area contributed by atoms with E-state index in [4.69, 9.17) is 4.74 Å². The average molecular weight is 279 g/mol. The Kier molecular flexibility index (Phi) is 4.19. The number of carbonyl (C=O) groups excluding carboxylic acids is 1. The summed E-state index contributed by atoms with van der Waals surface area (Å²) in [5.74, 6) is -1.08. The summed E-state index contributed by atoms with van der Waals surface area (Å²) in [5, 5.41) is 14.4. The summed E-state index contributed by atoms with van der Waals surface area (Å²) in [6.07, 6.45) is 3.55. The minimum atomic E-state index is -1.33. The van der Waals surface area contributed by atoms with Gasteiger partial charge in [0.1, 0.15) is 0 Å². The summed E-state index contributed by atoms with van der Waals surface area (Å²) in [7, 11) is 0. The SMILES string of the molecule is CC(NC(=O)NC1(C(=O)O)CCOC1)c1cccnc1. The van der Waals surface area contributed by atoms with Gasteiger partial charge in [0.15, 0.2) is 5.54 Å². The molecular weight excluding hydrogens is 262 g/mol. The lowest BCUT2D eigenvalue weighted by Crippen LogP contribution is -2.57. The van der Waals surface area contributed by atoms with E-state index in [1.54, 1.807) is 25.4 Å². The van der Waals surface area contributed by atoms with Crippen LogP contribution in [0.5, 0.6) is 0 Å². The second-order valence-electron chi connectivity index (χ2n) is 4.80. The maximum Gasteiger partial charge on any atom is 0.332 e. The quantitative estimate of drug-likeness (QED) is 0.752. The molecule has 1 aromatic rings. The van der Waals surface area contributed by atoms with Crippen molar-refractivity contribution >= 4 is 12.0 Å². The molecular formula is C13H17N3O4. The molecule has 3 N–H and O–H groups in total. The van der Waals surface area contributed by atoms with Crippen molar-refractivity contribution in [3.05, 3.63) is 30.1 Å². The highest BCUT2D eigenvalue weighted by molar-refractivity contribution is 5.86. The van der Waals surface area contributed by atoms with Crippen molar-refractivity contribution in [2.45, 2.75) is 24.9 Å². The van der Waals surface area contributed by atoms with Gasteiger partial charge in [-0.25, -0.2) is 9.59 Å². The smallest absolute Gasteiger partial charge is 0.332 e. The van der Waals surface area contributed by atoms with Gasteiger partial charge in [-0.3, -0.25) is 4.98 Å². The lowest BCUT2D eigenvalue weighted by Gasteiger charge is -2.25. The second kappa shape index (κ2) is 5.87. The maximum absolute atomic E-state index is 11.9. The molecule has 0 saturated carbocycles. The van der Waals surface area contributed by atoms with Gasteiger partial charge in [-0.15, -0.1) is 0 Å². The Morgan fingerprint density at radius 3 is 2.90 bits per heavy atom. The largest absolute Gasteiger partial charge is 0.479 e. The first-order valence-corrected chi connectivity index (χ1v) is 6.33. The first kappa shape index (κ1) is 14.3. The number of nitrogens with zero attached hydrogens (tertiary/aromatic N) is 1. The number of nitrogens with one attached hydrogen (secondary N) is 2. The van der Waals surface area contributed by atoms with Gasteiger partial charge in [0.25, 0.3) is 0 Å². The number of urea groups is 1. The lowest BCUT2D eigenvalue weighted by molar-refractivity contribution is -0.144. The number of aromatic nitrogens is 1. The third kappa shape index (κ3) is 3.05. The summed E-state index contributed by atoms with van der Waals surface area (Å²) >= 11 is 0. The van der Waals surface area contributed by atoms with Gasteiger partial charge in [-0.05, 0) is 18.6 Å². The molecule has 1 fully saturated rings. The normalized spacial score (nSPS) is 23.1. The van der Waals surface area contributed by atoms with Crippen molar-refractivity contribution in [3.8, 4) is 0 Å². The van der Waals surface area contributed by atoms with Crippen LogP contribution in [0.1, 0.15) is 24.9 Å². The monoisotopic (exact) mass is 279 g/mol. The fraction of sp³-hybridized carbons (Fsp3) is 0.462. The Balaban J connectivity index is 1.97. The Hall–Kier alpha value is -2.15. The van der Waals surface area contributed by atoms with Crippen LogP contribution in [-0.4, -0.2) is 40.8 Å². The van der Waals surface area contributed by atoms with Crippen molar-refractivity contribution in [2.24, 2.45) is 0 Å². The van der Waals surface area contributed by atoms with Crippen molar-refractivity contribution in [1.82, 2.24) is 15.6 Å². The molecule has 0 spiro atoms. The molecule has 0 aliphatic carbocycles. The minimum absolute atomic E-state index is 0.0168. The lowest BCUT2D eigenvalue weighted by atomic mass is 9.99. The predicted octanol–water partition coefficient (Wildman–Crippen LogP) is 0.685. The molecule has 0 aromatic carbocycles. The molecule has 108 valence electrons. The minimum Gasteiger partial charge on any atom is -0.479 e. The summed E-state index contributed by atoms with van der Waals surface area (Å²) in [4.78, 5) is 27.2. The van der Waals surface area contributed by atoms with E-state index < -0.39 is 17.5 Å². The summed E-state index contributed by atoms with van der Waals surface area (Å²) in [5.41, 5.74) is -0.492. The highest BCUT2D eigenvalue weighted by atomic mass is 16.5. The molecule has 0 bridgehead atoms. The van der Waals surface area contributed by atoms with E-state index in [0.29, 0.717) is 6.61 Å². The van der Waals surface area contributed by atoms with Gasteiger partial charge < -0.3 is 20.5 Å². The molecule has 1 aliphatic heterocycles. The van der Waals surface area contributed by atoms with E-state index in [1.165, 1.54) is 0 Å². The molecule has 1 aliphatic rings. The molecule has 2 atom stereocenters. The standard InChI is InChI=1S/C13H17N3O4/c1-9(10-3-2-5-14-7-10)15-12(19)16-13(11(17)18)4-6-20-8-13/h2-3,5,7,9H,4,6,8H2,1H3,(H,17,18)(H2,15,16,19). The summed E-state index contributed by atoms with van der Waals surface area (Å²) in [6, 6.07) is 2.81. The van der Waals surface area contributed by atoms with Crippen LogP contribution in [-0.2, 0) is 9.53 Å². The molecule has 20 heavy (non-hydrogen) atoms. The highest BCUT2D eigenvalue weighted by Crippen LogP contribution is 2.19. The van der Waals surface area contributed by atoms with Crippen LogP contribution in [0.15, 0.2) is 24.5 Å². The molecule has 0 radical (unpaired) electrons. The van der Waals surface area contributed by atoms with Crippen LogP contribution in [0.25, 0.3) is 0 Å². The van der Waals surface area contributed by atoms with Crippen LogP contribution in [0.2, 0.25) is 0 Å². The number of carboxylic acid groups (broad SMARTS) is 1. The second-order valence-corrected chi connectivity index (χ2v) is 4.80. The van der Waals surface area contributed by atoms with E-state index in [9.17, 15) is 14.7 Å². The van der Waals surface area contributed by atoms with Gasteiger partial charge in [0.2, 0.25) is 0 Å². The first-order chi connectivity index (χ1) is 9.53. The Labute approximate surface area is 116 Å². The van der Waals surface area contributed by atoms with Crippen molar-refractivity contribution in [2.75, 3.05) is 13.2 Å². The zero-order valence-electron chi connectivity index (χ0n) is 11.1. The molecule has 1 aromatic heterocycles. The Morgan fingerprint density at radius 1 is 1.55 bits per heavy atom. The summed E-state index contributed by atoms with van der Waals surface area (Å²) in [6.45, 7) is 2.11. The first-order valence-electron chi connectivity index (χ1n) is 6.33. The molecule has 7 nitrogen and oxygen atoms in total. The van der Waals surface area contributed by atoms with Crippen molar-refractivity contribution < 1.29 is 19.4 Å². The number of aliphatic carboxylic acids is 1. The third-order valence-electron chi connectivity index (χ3n) is 3.32. The average Bonchev–Trinajstić information content (AvgIpc) is 2.89. The molecule has 2 amide bonds. The van der Waals surface area contributed by atoms with Crippen molar-refractivity contribution in [3.63, 3.8) is 0 Å². The maximum atomic E-state index is 11.9. The number of rotatable bonds is 4. The van der Waals surface area contributed by atoms with Gasteiger partial charge in [-0.1, -0.05) is 6.07 Å². The molecule has 1 saturated heterocycles. The predicted molar refractivity (Wildman–Crippen MR) is 70.1 cm³/mol. The number of carboxylic acids is 1. The number of ether oxygens (including phenoxy) is 1. The number of hydrogen-bond donors (Lipinski definition) is 3. The van der Waals surface area contributed by atoms with Crippen molar-refractivity contribution in [1.29, 1.82) is 0 Å². The number of hydrogen-bond acceptors (Lipinski definition) is 4. The third-order valence-corrected chi connectivity index (χ3v) is 3.32. The van der Waals surface area contributed by atoms with E-state index in [1.807, 2.05) is 6.07 Å². The van der Waals surface area contributed by atoms with Crippen LogP contribution in [0.4, 0.5) is 4.79 Å².